The summed E-state index contributed by atoms with van der Waals surface area (Å²) in [5, 5.41) is 22.3. The van der Waals surface area contributed by atoms with Crippen LogP contribution in [0.5, 0.6) is 0 Å². The van der Waals surface area contributed by atoms with Gasteiger partial charge in [0.15, 0.2) is 0 Å². The van der Waals surface area contributed by atoms with Crippen LogP contribution in [-0.4, -0.2) is 20.4 Å². The van der Waals surface area contributed by atoms with Gasteiger partial charge < -0.3 is 0 Å². The van der Waals surface area contributed by atoms with E-state index < -0.39 is 0 Å². The lowest BCUT2D eigenvalue weighted by Gasteiger charge is -2.22. The van der Waals surface area contributed by atoms with E-state index in [1.807, 2.05) is 0 Å². The molecule has 0 aromatic carbocycles. The molecule has 0 radical (unpaired) electrons. The van der Waals surface area contributed by atoms with Crippen LogP contribution in [0, 0.1) is 5.41 Å². The molecule has 0 aliphatic carbocycles. The van der Waals surface area contributed by atoms with Crippen molar-refractivity contribution in [3.63, 3.8) is 0 Å². The van der Waals surface area contributed by atoms with Crippen LogP contribution in [0.25, 0.3) is 0 Å². The van der Waals surface area contributed by atoms with Crippen molar-refractivity contribution >= 4 is 22.7 Å². The number of hydrogen-bond donors (Lipinski definition) is 0. The van der Waals surface area contributed by atoms with Crippen LogP contribution in [-0.2, 0) is 17.3 Å². The summed E-state index contributed by atoms with van der Waals surface area (Å²) < 4.78 is 0. The molecule has 0 saturated heterocycles. The lowest BCUT2D eigenvalue weighted by molar-refractivity contribution is 0.408. The second-order valence-corrected chi connectivity index (χ2v) is 12.3. The Labute approximate surface area is 166 Å². The first-order chi connectivity index (χ1) is 11.8. The predicted octanol–water partition coefficient (Wildman–Crippen LogP) is 6.14. The molecule has 0 spiro atoms. The average molecular weight is 395 g/mol. The lowest BCUT2D eigenvalue weighted by atomic mass is 9.86. The monoisotopic (exact) mass is 394 g/mol. The molecule has 0 aliphatic rings. The van der Waals surface area contributed by atoms with Gasteiger partial charge in [-0.25, -0.2) is 0 Å². The van der Waals surface area contributed by atoms with Crippen molar-refractivity contribution in [3.8, 4) is 0 Å². The second-order valence-electron chi connectivity index (χ2n) is 10.3. The Morgan fingerprint density at radius 2 is 1.42 bits per heavy atom. The van der Waals surface area contributed by atoms with Crippen molar-refractivity contribution in [1.82, 2.24) is 20.4 Å². The van der Waals surface area contributed by atoms with Crippen LogP contribution >= 0.6 is 22.7 Å². The van der Waals surface area contributed by atoms with E-state index in [0.717, 1.165) is 39.3 Å². The molecule has 0 saturated carbocycles. The summed E-state index contributed by atoms with van der Waals surface area (Å²) in [6.45, 7) is 20.1. The molecule has 1 atom stereocenters. The molecular weight excluding hydrogens is 360 g/mol. The summed E-state index contributed by atoms with van der Waals surface area (Å²) in [7, 11) is 0. The number of rotatable bonds is 6. The SMILES string of the molecule is CC(CCC(C)(C)c1nnc(CC(C)(C)C)s1)c1nnc(C(C)(C)C)s1. The quantitative estimate of drug-likeness (QED) is 0.590. The zero-order valence-electron chi connectivity index (χ0n) is 17.8. The van der Waals surface area contributed by atoms with E-state index in [1.165, 1.54) is 0 Å². The summed E-state index contributed by atoms with van der Waals surface area (Å²) >= 11 is 3.53. The maximum Gasteiger partial charge on any atom is 0.123 e. The van der Waals surface area contributed by atoms with Crippen molar-refractivity contribution < 1.29 is 0 Å². The third-order valence-electron chi connectivity index (χ3n) is 4.43. The largest absolute Gasteiger partial charge is 0.144 e. The number of hydrogen-bond acceptors (Lipinski definition) is 6. The van der Waals surface area contributed by atoms with E-state index in [-0.39, 0.29) is 16.2 Å². The molecule has 26 heavy (non-hydrogen) atoms. The summed E-state index contributed by atoms with van der Waals surface area (Å²) in [5.74, 6) is 0.421. The van der Waals surface area contributed by atoms with Crippen LogP contribution in [0.2, 0.25) is 0 Å². The molecule has 1 unspecified atom stereocenters. The minimum atomic E-state index is 0.0413. The Bertz CT molecular complexity index is 717. The van der Waals surface area contributed by atoms with Gasteiger partial charge in [-0.15, -0.1) is 43.1 Å². The molecule has 0 bridgehead atoms. The Kier molecular flexibility index (Phi) is 6.28. The summed E-state index contributed by atoms with van der Waals surface area (Å²) in [6, 6.07) is 0. The zero-order chi connectivity index (χ0) is 19.8. The van der Waals surface area contributed by atoms with Crippen LogP contribution in [0.3, 0.4) is 0 Å². The minimum Gasteiger partial charge on any atom is -0.144 e. The van der Waals surface area contributed by atoms with Gasteiger partial charge in [0.05, 0.1) is 0 Å². The zero-order valence-corrected chi connectivity index (χ0v) is 19.4. The Hall–Kier alpha value is -0.880. The van der Waals surface area contributed by atoms with E-state index in [0.29, 0.717) is 5.92 Å². The van der Waals surface area contributed by atoms with E-state index in [2.05, 4.69) is 82.7 Å². The molecule has 2 aromatic rings. The molecule has 2 heterocycles. The van der Waals surface area contributed by atoms with Crippen LogP contribution in [0.4, 0.5) is 0 Å². The highest BCUT2D eigenvalue weighted by Gasteiger charge is 2.28. The van der Waals surface area contributed by atoms with Crippen molar-refractivity contribution in [2.45, 2.75) is 98.3 Å². The Balaban J connectivity index is 2.00. The van der Waals surface area contributed by atoms with Gasteiger partial charge in [-0.1, -0.05) is 62.3 Å². The van der Waals surface area contributed by atoms with Crippen LogP contribution < -0.4 is 0 Å². The topological polar surface area (TPSA) is 51.6 Å². The number of nitrogens with zero attached hydrogens (tertiary/aromatic N) is 4. The molecule has 4 nitrogen and oxygen atoms in total. The van der Waals surface area contributed by atoms with Crippen LogP contribution in [0.15, 0.2) is 0 Å². The standard InChI is InChI=1S/C20H34N4S2/c1-13(15-22-23-16(26-15)19(5,6)7)10-11-20(8,9)17-24-21-14(25-17)12-18(2,3)4/h13H,10-12H2,1-9H3. The predicted molar refractivity (Wildman–Crippen MR) is 112 cm³/mol. The summed E-state index contributed by atoms with van der Waals surface area (Å²) in [4.78, 5) is 0. The van der Waals surface area contributed by atoms with Gasteiger partial charge in [0, 0.05) is 23.2 Å². The van der Waals surface area contributed by atoms with Gasteiger partial charge in [0.2, 0.25) is 0 Å². The lowest BCUT2D eigenvalue weighted by Crippen LogP contribution is -2.17. The molecular formula is C20H34N4S2. The van der Waals surface area contributed by atoms with Gasteiger partial charge in [-0.05, 0) is 18.3 Å². The van der Waals surface area contributed by atoms with Gasteiger partial charge >= 0.3 is 0 Å². The first-order valence-electron chi connectivity index (χ1n) is 9.45. The smallest absolute Gasteiger partial charge is 0.123 e. The van der Waals surface area contributed by atoms with Crippen molar-refractivity contribution in [2.24, 2.45) is 5.41 Å². The summed E-state index contributed by atoms with van der Waals surface area (Å²) in [6.07, 6.45) is 3.14. The molecule has 2 rings (SSSR count). The van der Waals surface area contributed by atoms with Gasteiger partial charge in [-0.2, -0.15) is 0 Å². The minimum absolute atomic E-state index is 0.0413. The molecule has 0 fully saturated rings. The van der Waals surface area contributed by atoms with E-state index >= 15 is 0 Å². The fraction of sp³-hybridized carbons (Fsp3) is 0.800. The molecule has 0 aliphatic heterocycles. The first kappa shape index (κ1) is 21.4. The Morgan fingerprint density at radius 1 is 0.808 bits per heavy atom. The third-order valence-corrected chi connectivity index (χ3v) is 7.30. The fourth-order valence-electron chi connectivity index (χ4n) is 2.60. The summed E-state index contributed by atoms with van der Waals surface area (Å²) in [5.41, 5.74) is 0.364. The van der Waals surface area contributed by atoms with E-state index in [9.17, 15) is 0 Å². The third kappa shape index (κ3) is 5.81. The second kappa shape index (κ2) is 7.63. The van der Waals surface area contributed by atoms with Crippen molar-refractivity contribution in [2.75, 3.05) is 0 Å². The number of aromatic nitrogens is 4. The average Bonchev–Trinajstić information content (AvgIpc) is 3.11. The van der Waals surface area contributed by atoms with Crippen LogP contribution in [0.1, 0.15) is 101 Å². The highest BCUT2D eigenvalue weighted by molar-refractivity contribution is 7.11. The van der Waals surface area contributed by atoms with Gasteiger partial charge in [0.25, 0.3) is 0 Å². The first-order valence-corrected chi connectivity index (χ1v) is 11.1. The highest BCUT2D eigenvalue weighted by atomic mass is 32.1. The highest BCUT2D eigenvalue weighted by Crippen LogP contribution is 2.36. The molecule has 6 heteroatoms. The Morgan fingerprint density at radius 3 is 1.96 bits per heavy atom. The molecule has 146 valence electrons. The van der Waals surface area contributed by atoms with E-state index in [1.54, 1.807) is 22.7 Å². The molecule has 0 amide bonds. The maximum absolute atomic E-state index is 4.50. The molecule has 0 N–H and O–H groups in total. The van der Waals surface area contributed by atoms with Gasteiger partial charge in [0.1, 0.15) is 20.0 Å². The van der Waals surface area contributed by atoms with Gasteiger partial charge in [-0.3, -0.25) is 0 Å². The maximum atomic E-state index is 4.50. The van der Waals surface area contributed by atoms with Crippen molar-refractivity contribution in [3.05, 3.63) is 20.0 Å². The van der Waals surface area contributed by atoms with Crippen molar-refractivity contribution in [1.29, 1.82) is 0 Å². The molecule has 2 aromatic heterocycles. The van der Waals surface area contributed by atoms with E-state index in [4.69, 9.17) is 0 Å². The fourth-order valence-corrected chi connectivity index (χ4v) is 4.85. The normalized spacial score (nSPS) is 14.7.